The standard InChI is InChI=1S/C13H20F2N4O2.ClH/c1-12(2,3)11-18-9(19-21-11)10(20)17-6-8-4-5-16-7-13(8,14)15;/h8,16H,4-7H2,1-3H3,(H,17,20);1H. The van der Waals surface area contributed by atoms with Gasteiger partial charge in [-0.05, 0) is 13.0 Å². The predicted molar refractivity (Wildman–Crippen MR) is 78.5 cm³/mol. The highest BCUT2D eigenvalue weighted by Gasteiger charge is 2.41. The number of aromatic nitrogens is 2. The number of hydrogen-bond donors (Lipinski definition) is 2. The second kappa shape index (κ2) is 6.87. The lowest BCUT2D eigenvalue weighted by Crippen LogP contribution is -2.50. The number of carbonyl (C=O) groups is 1. The molecule has 1 amide bonds. The Morgan fingerprint density at radius 1 is 1.50 bits per heavy atom. The van der Waals surface area contributed by atoms with Crippen molar-refractivity contribution in [2.24, 2.45) is 5.92 Å². The van der Waals surface area contributed by atoms with E-state index in [2.05, 4.69) is 20.8 Å². The first-order valence-corrected chi connectivity index (χ1v) is 6.91. The molecule has 0 aliphatic carbocycles. The third-order valence-corrected chi connectivity index (χ3v) is 3.41. The van der Waals surface area contributed by atoms with Crippen molar-refractivity contribution in [3.8, 4) is 0 Å². The second-order valence-electron chi connectivity index (χ2n) is 6.31. The van der Waals surface area contributed by atoms with Gasteiger partial charge in [0.05, 0.1) is 6.54 Å². The van der Waals surface area contributed by atoms with E-state index in [0.717, 1.165) is 0 Å². The van der Waals surface area contributed by atoms with Gasteiger partial charge in [0.25, 0.3) is 17.7 Å². The smallest absolute Gasteiger partial charge is 0.292 e. The van der Waals surface area contributed by atoms with Crippen LogP contribution in [0.15, 0.2) is 4.52 Å². The molecule has 6 nitrogen and oxygen atoms in total. The van der Waals surface area contributed by atoms with Gasteiger partial charge in [0.15, 0.2) is 0 Å². The fourth-order valence-corrected chi connectivity index (χ4v) is 2.05. The lowest BCUT2D eigenvalue weighted by molar-refractivity contribution is -0.0712. The number of nitrogens with one attached hydrogen (secondary N) is 2. The number of carbonyl (C=O) groups excluding carboxylic acids is 1. The van der Waals surface area contributed by atoms with Crippen molar-refractivity contribution in [1.82, 2.24) is 20.8 Å². The fraction of sp³-hybridized carbons (Fsp3) is 0.769. The number of nitrogens with zero attached hydrogens (tertiary/aromatic N) is 2. The van der Waals surface area contributed by atoms with Crippen molar-refractivity contribution in [3.63, 3.8) is 0 Å². The number of amides is 1. The molecule has 2 heterocycles. The van der Waals surface area contributed by atoms with Gasteiger partial charge in [-0.15, -0.1) is 12.4 Å². The summed E-state index contributed by atoms with van der Waals surface area (Å²) in [4.78, 5) is 15.9. The van der Waals surface area contributed by atoms with E-state index < -0.39 is 17.7 Å². The number of hydrogen-bond acceptors (Lipinski definition) is 5. The molecule has 0 bridgehead atoms. The molecule has 1 aromatic heterocycles. The zero-order valence-corrected chi connectivity index (χ0v) is 13.6. The maximum Gasteiger partial charge on any atom is 0.292 e. The Kier molecular flexibility index (Phi) is 5.86. The molecule has 126 valence electrons. The molecule has 0 aromatic carbocycles. The predicted octanol–water partition coefficient (Wildman–Crippen LogP) is 1.76. The molecule has 0 radical (unpaired) electrons. The molecule has 1 saturated heterocycles. The largest absolute Gasteiger partial charge is 0.349 e. The molecular weight excluding hydrogens is 318 g/mol. The van der Waals surface area contributed by atoms with Gasteiger partial charge in [0.1, 0.15) is 0 Å². The Labute approximate surface area is 133 Å². The Bertz CT molecular complexity index is 516. The third kappa shape index (κ3) is 4.36. The summed E-state index contributed by atoms with van der Waals surface area (Å²) in [6, 6.07) is 0. The molecule has 22 heavy (non-hydrogen) atoms. The van der Waals surface area contributed by atoms with Crippen molar-refractivity contribution in [3.05, 3.63) is 11.7 Å². The summed E-state index contributed by atoms with van der Waals surface area (Å²) in [5.74, 6) is -4.09. The molecule has 1 aliphatic rings. The van der Waals surface area contributed by atoms with Crippen LogP contribution in [0.5, 0.6) is 0 Å². The van der Waals surface area contributed by atoms with Crippen LogP contribution in [0, 0.1) is 5.92 Å². The van der Waals surface area contributed by atoms with E-state index in [4.69, 9.17) is 4.52 Å². The Balaban J connectivity index is 0.00000242. The van der Waals surface area contributed by atoms with E-state index in [9.17, 15) is 13.6 Å². The van der Waals surface area contributed by atoms with E-state index in [1.165, 1.54) is 0 Å². The maximum atomic E-state index is 13.6. The van der Waals surface area contributed by atoms with E-state index in [1.807, 2.05) is 20.8 Å². The zero-order valence-electron chi connectivity index (χ0n) is 12.8. The minimum Gasteiger partial charge on any atom is -0.349 e. The van der Waals surface area contributed by atoms with Crippen molar-refractivity contribution in [1.29, 1.82) is 0 Å². The highest BCUT2D eigenvalue weighted by molar-refractivity contribution is 5.90. The fourth-order valence-electron chi connectivity index (χ4n) is 2.05. The molecule has 2 N–H and O–H groups in total. The van der Waals surface area contributed by atoms with Crippen LogP contribution >= 0.6 is 12.4 Å². The molecule has 1 atom stereocenters. The highest BCUT2D eigenvalue weighted by atomic mass is 35.5. The summed E-state index contributed by atoms with van der Waals surface area (Å²) in [6.07, 6.45) is 0.312. The Morgan fingerprint density at radius 2 is 2.18 bits per heavy atom. The van der Waals surface area contributed by atoms with Gasteiger partial charge >= 0.3 is 0 Å². The first-order chi connectivity index (χ1) is 9.70. The molecule has 9 heteroatoms. The topological polar surface area (TPSA) is 80.0 Å². The van der Waals surface area contributed by atoms with Crippen molar-refractivity contribution < 1.29 is 18.1 Å². The van der Waals surface area contributed by atoms with Crippen LogP contribution in [0.4, 0.5) is 8.78 Å². The Hall–Kier alpha value is -1.28. The van der Waals surface area contributed by atoms with Crippen molar-refractivity contribution in [2.45, 2.75) is 38.5 Å². The van der Waals surface area contributed by atoms with Gasteiger partial charge in [-0.2, -0.15) is 4.98 Å². The summed E-state index contributed by atoms with van der Waals surface area (Å²) in [7, 11) is 0. The minimum absolute atomic E-state index is 0. The molecule has 2 rings (SSSR count). The average Bonchev–Trinajstić information content (AvgIpc) is 2.86. The van der Waals surface area contributed by atoms with Crippen LogP contribution in [-0.2, 0) is 5.41 Å². The molecule has 1 aliphatic heterocycles. The van der Waals surface area contributed by atoms with Crippen LogP contribution in [0.25, 0.3) is 0 Å². The summed E-state index contributed by atoms with van der Waals surface area (Å²) < 4.78 is 32.2. The lowest BCUT2D eigenvalue weighted by atomic mass is 9.94. The summed E-state index contributed by atoms with van der Waals surface area (Å²) in [5.41, 5.74) is -0.367. The van der Waals surface area contributed by atoms with Crippen LogP contribution in [0.2, 0.25) is 0 Å². The summed E-state index contributed by atoms with van der Waals surface area (Å²) >= 11 is 0. The monoisotopic (exact) mass is 338 g/mol. The van der Waals surface area contributed by atoms with Crippen molar-refractivity contribution >= 4 is 18.3 Å². The maximum absolute atomic E-state index is 13.6. The number of halogens is 3. The van der Waals surface area contributed by atoms with Crippen LogP contribution in [0.3, 0.4) is 0 Å². The van der Waals surface area contributed by atoms with Crippen LogP contribution in [-0.4, -0.2) is 41.6 Å². The Morgan fingerprint density at radius 3 is 2.73 bits per heavy atom. The number of alkyl halides is 2. The molecule has 1 unspecified atom stereocenters. The normalized spacial score (nSPS) is 21.0. The molecule has 0 saturated carbocycles. The lowest BCUT2D eigenvalue weighted by Gasteiger charge is -2.31. The molecular formula is C13H21ClF2N4O2. The zero-order chi connectivity index (χ0) is 15.7. The van der Waals surface area contributed by atoms with Crippen LogP contribution < -0.4 is 10.6 Å². The highest BCUT2D eigenvalue weighted by Crippen LogP contribution is 2.28. The van der Waals surface area contributed by atoms with Gasteiger partial charge in [0.2, 0.25) is 5.89 Å². The quantitative estimate of drug-likeness (QED) is 0.878. The van der Waals surface area contributed by atoms with E-state index in [0.29, 0.717) is 18.9 Å². The average molecular weight is 339 g/mol. The van der Waals surface area contributed by atoms with Gasteiger partial charge in [-0.25, -0.2) is 8.78 Å². The number of piperidine rings is 1. The van der Waals surface area contributed by atoms with Gasteiger partial charge < -0.3 is 15.2 Å². The van der Waals surface area contributed by atoms with Gasteiger partial charge in [0, 0.05) is 17.9 Å². The summed E-state index contributed by atoms with van der Waals surface area (Å²) in [6.45, 7) is 5.68. The third-order valence-electron chi connectivity index (χ3n) is 3.41. The molecule has 1 aromatic rings. The van der Waals surface area contributed by atoms with E-state index >= 15 is 0 Å². The molecule has 1 fully saturated rings. The van der Waals surface area contributed by atoms with E-state index in [1.54, 1.807) is 0 Å². The van der Waals surface area contributed by atoms with Crippen LogP contribution in [0.1, 0.15) is 43.7 Å². The number of rotatable bonds is 3. The van der Waals surface area contributed by atoms with Gasteiger partial charge in [-0.1, -0.05) is 25.9 Å². The summed E-state index contributed by atoms with van der Waals surface area (Å²) in [5, 5.41) is 8.68. The second-order valence-corrected chi connectivity index (χ2v) is 6.31. The van der Waals surface area contributed by atoms with Crippen molar-refractivity contribution in [2.75, 3.05) is 19.6 Å². The first-order valence-electron chi connectivity index (χ1n) is 6.91. The first kappa shape index (κ1) is 18.8. The molecule has 0 spiro atoms. The minimum atomic E-state index is -2.82. The van der Waals surface area contributed by atoms with E-state index in [-0.39, 0.29) is 36.7 Å². The SMILES string of the molecule is CC(C)(C)c1nc(C(=O)NCC2CCNCC2(F)F)no1.Cl. The van der Waals surface area contributed by atoms with Gasteiger partial charge in [-0.3, -0.25) is 4.79 Å².